The van der Waals surface area contributed by atoms with Crippen molar-refractivity contribution in [2.24, 2.45) is 0 Å². The Bertz CT molecular complexity index is 682. The summed E-state index contributed by atoms with van der Waals surface area (Å²) in [5, 5.41) is 2.10. The Morgan fingerprint density at radius 1 is 1.10 bits per heavy atom. The van der Waals surface area contributed by atoms with Crippen LogP contribution in [-0.2, 0) is 15.4 Å². The molecule has 0 amide bonds. The van der Waals surface area contributed by atoms with Crippen molar-refractivity contribution in [1.82, 2.24) is 0 Å². The first-order valence-corrected chi connectivity index (χ1v) is 8.20. The van der Waals surface area contributed by atoms with Gasteiger partial charge in [-0.05, 0) is 25.3 Å². The third-order valence-electron chi connectivity index (χ3n) is 3.99. The van der Waals surface area contributed by atoms with E-state index in [0.29, 0.717) is 0 Å². The van der Waals surface area contributed by atoms with Crippen LogP contribution in [-0.4, -0.2) is 23.0 Å². The minimum atomic E-state index is -0.804. The number of benzene rings is 1. The molecule has 2 unspecified atom stereocenters. The van der Waals surface area contributed by atoms with Gasteiger partial charge in [0, 0.05) is 18.6 Å². The van der Waals surface area contributed by atoms with Gasteiger partial charge in [-0.3, -0.25) is 9.47 Å². The van der Waals surface area contributed by atoms with Crippen molar-refractivity contribution in [1.29, 1.82) is 0 Å². The van der Waals surface area contributed by atoms with Crippen LogP contribution in [0.2, 0.25) is 0 Å². The maximum atomic E-state index is 6.34. The van der Waals surface area contributed by atoms with E-state index in [9.17, 15) is 0 Å². The van der Waals surface area contributed by atoms with Crippen LogP contribution in [0.3, 0.4) is 0 Å². The summed E-state index contributed by atoms with van der Waals surface area (Å²) in [5.41, 5.74) is 2.27. The number of nitrogens with zero attached hydrogens (tertiary/aromatic N) is 1. The molecule has 1 spiro atoms. The molecule has 0 N–H and O–H groups in total. The first-order chi connectivity index (χ1) is 10.2. The minimum Gasteiger partial charge on any atom is -0.287 e. The molecule has 2 aliphatic rings. The van der Waals surface area contributed by atoms with Crippen molar-refractivity contribution in [2.75, 3.05) is 0 Å². The molecule has 3 nitrogen and oxygen atoms in total. The van der Waals surface area contributed by atoms with Gasteiger partial charge >= 0.3 is 5.91 Å². The van der Waals surface area contributed by atoms with Gasteiger partial charge < -0.3 is 0 Å². The zero-order valence-corrected chi connectivity index (χ0v) is 13.0. The Hall–Kier alpha value is -1.49. The number of para-hydroxylation sites is 1. The van der Waals surface area contributed by atoms with E-state index in [0.717, 1.165) is 17.0 Å². The van der Waals surface area contributed by atoms with Gasteiger partial charge in [-0.1, -0.05) is 18.2 Å². The predicted molar refractivity (Wildman–Crippen MR) is 83.2 cm³/mol. The van der Waals surface area contributed by atoms with Gasteiger partial charge in [0.1, 0.15) is 0 Å². The topological polar surface area (TPSA) is 21.5 Å². The summed E-state index contributed by atoms with van der Waals surface area (Å²) in [7, 11) is 0. The molecule has 0 radical (unpaired) electrons. The Kier molecular flexibility index (Phi) is 2.99. The molecule has 1 aromatic heterocycles. The largest absolute Gasteiger partial charge is 0.431 e. The number of ether oxygens (including phenoxy) is 2. The second-order valence-electron chi connectivity index (χ2n) is 5.71. The standard InChI is InChI=1S/C17H18NO2S/c1-12-10-13(2)20-17(19-12)16-14(8-9-21-16)11-18(17)15-6-4-3-5-7-15/h3-9,11-13H,10H2,1-2H3/q+1. The van der Waals surface area contributed by atoms with Crippen LogP contribution < -0.4 is 0 Å². The van der Waals surface area contributed by atoms with E-state index in [-0.39, 0.29) is 12.2 Å². The molecule has 2 aliphatic heterocycles. The van der Waals surface area contributed by atoms with Gasteiger partial charge in [-0.15, -0.1) is 15.9 Å². The highest BCUT2D eigenvalue weighted by Gasteiger charge is 2.58. The Labute approximate surface area is 128 Å². The Morgan fingerprint density at radius 2 is 1.81 bits per heavy atom. The van der Waals surface area contributed by atoms with Crippen LogP contribution in [0.15, 0.2) is 41.8 Å². The third-order valence-corrected chi connectivity index (χ3v) is 4.99. The number of rotatable bonds is 1. The summed E-state index contributed by atoms with van der Waals surface area (Å²) in [4.78, 5) is 1.14. The van der Waals surface area contributed by atoms with E-state index in [4.69, 9.17) is 9.47 Å². The van der Waals surface area contributed by atoms with Gasteiger partial charge in [0.2, 0.25) is 5.69 Å². The van der Waals surface area contributed by atoms with Gasteiger partial charge in [-0.25, -0.2) is 0 Å². The van der Waals surface area contributed by atoms with Gasteiger partial charge in [0.05, 0.1) is 17.8 Å². The molecule has 0 aliphatic carbocycles. The monoisotopic (exact) mass is 300 g/mol. The summed E-state index contributed by atoms with van der Waals surface area (Å²) < 4.78 is 14.8. The molecular formula is C17H18NO2S+. The van der Waals surface area contributed by atoms with Crippen molar-refractivity contribution < 1.29 is 14.0 Å². The summed E-state index contributed by atoms with van der Waals surface area (Å²) >= 11 is 1.70. The zero-order valence-electron chi connectivity index (χ0n) is 12.2. The maximum absolute atomic E-state index is 6.34. The van der Waals surface area contributed by atoms with E-state index in [2.05, 4.69) is 48.2 Å². The summed E-state index contributed by atoms with van der Waals surface area (Å²) in [5.74, 6) is -0.804. The Morgan fingerprint density at radius 3 is 2.52 bits per heavy atom. The fraction of sp³-hybridized carbons (Fsp3) is 0.353. The van der Waals surface area contributed by atoms with Crippen LogP contribution in [0.4, 0.5) is 5.69 Å². The molecule has 0 bridgehead atoms. The molecule has 4 heteroatoms. The average Bonchev–Trinajstić information content (AvgIpc) is 3.02. The zero-order chi connectivity index (χ0) is 14.4. The third kappa shape index (κ3) is 1.98. The van der Waals surface area contributed by atoms with Gasteiger partial charge in [0.25, 0.3) is 0 Å². The second-order valence-corrected chi connectivity index (χ2v) is 6.63. The van der Waals surface area contributed by atoms with Crippen molar-refractivity contribution in [3.8, 4) is 0 Å². The lowest BCUT2D eigenvalue weighted by Gasteiger charge is -2.36. The first-order valence-electron chi connectivity index (χ1n) is 7.32. The van der Waals surface area contributed by atoms with Crippen LogP contribution in [0.1, 0.15) is 30.7 Å². The van der Waals surface area contributed by atoms with Gasteiger partial charge in [0.15, 0.2) is 11.1 Å². The van der Waals surface area contributed by atoms with E-state index < -0.39 is 5.91 Å². The van der Waals surface area contributed by atoms with Crippen LogP contribution in [0, 0.1) is 0 Å². The summed E-state index contributed by atoms with van der Waals surface area (Å²) in [6, 6.07) is 12.4. The highest BCUT2D eigenvalue weighted by atomic mass is 32.1. The van der Waals surface area contributed by atoms with Crippen molar-refractivity contribution in [2.45, 2.75) is 38.4 Å². The quantitative estimate of drug-likeness (QED) is 0.746. The molecule has 21 heavy (non-hydrogen) atoms. The lowest BCUT2D eigenvalue weighted by molar-refractivity contribution is -0.690. The molecule has 1 aromatic carbocycles. The SMILES string of the molecule is CC1CC(C)OC2(O1)c1sccc1C=[N+]2c1ccccc1. The van der Waals surface area contributed by atoms with Crippen molar-refractivity contribution in [3.05, 3.63) is 52.2 Å². The molecule has 1 saturated heterocycles. The van der Waals surface area contributed by atoms with Crippen molar-refractivity contribution >= 4 is 23.2 Å². The predicted octanol–water partition coefficient (Wildman–Crippen LogP) is 3.85. The molecule has 3 heterocycles. The molecule has 2 aromatic rings. The van der Waals surface area contributed by atoms with E-state index in [1.165, 1.54) is 5.56 Å². The number of hydrogen-bond donors (Lipinski definition) is 0. The van der Waals surface area contributed by atoms with Crippen molar-refractivity contribution in [3.63, 3.8) is 0 Å². The maximum Gasteiger partial charge on any atom is 0.431 e. The molecule has 0 saturated carbocycles. The van der Waals surface area contributed by atoms with Crippen LogP contribution in [0.5, 0.6) is 0 Å². The number of fused-ring (bicyclic) bond motifs is 2. The highest BCUT2D eigenvalue weighted by Crippen LogP contribution is 2.46. The number of thiophene rings is 1. The molecule has 1 fully saturated rings. The van der Waals surface area contributed by atoms with Crippen LogP contribution in [0.25, 0.3) is 0 Å². The molecule has 108 valence electrons. The highest BCUT2D eigenvalue weighted by molar-refractivity contribution is 7.10. The second kappa shape index (κ2) is 4.77. The normalized spacial score (nSPS) is 31.2. The minimum absolute atomic E-state index is 0.168. The molecule has 2 atom stereocenters. The fourth-order valence-corrected chi connectivity index (χ4v) is 4.15. The average molecular weight is 300 g/mol. The summed E-state index contributed by atoms with van der Waals surface area (Å²) in [6.07, 6.45) is 3.39. The molecule has 4 rings (SSSR count). The van der Waals surface area contributed by atoms with E-state index in [1.807, 2.05) is 18.2 Å². The summed E-state index contributed by atoms with van der Waals surface area (Å²) in [6.45, 7) is 4.24. The van der Waals surface area contributed by atoms with Gasteiger partial charge in [-0.2, -0.15) is 0 Å². The molecular weight excluding hydrogens is 282 g/mol. The first kappa shape index (κ1) is 13.2. The van der Waals surface area contributed by atoms with E-state index in [1.54, 1.807) is 11.3 Å². The lowest BCUT2D eigenvalue weighted by Crippen LogP contribution is -2.49. The Balaban J connectivity index is 1.88. The fourth-order valence-electron chi connectivity index (χ4n) is 3.20. The number of hydrogen-bond acceptors (Lipinski definition) is 3. The van der Waals surface area contributed by atoms with E-state index >= 15 is 0 Å². The lowest BCUT2D eigenvalue weighted by atomic mass is 10.1. The smallest absolute Gasteiger partial charge is 0.287 e. The van der Waals surface area contributed by atoms with Crippen LogP contribution >= 0.6 is 11.3 Å².